The predicted molar refractivity (Wildman–Crippen MR) is 83.9 cm³/mol. The second-order valence-corrected chi connectivity index (χ2v) is 6.43. The summed E-state index contributed by atoms with van der Waals surface area (Å²) in [6.45, 7) is 1.18. The Labute approximate surface area is 128 Å². The van der Waals surface area contributed by atoms with Crippen molar-refractivity contribution in [3.8, 4) is 11.5 Å². The van der Waals surface area contributed by atoms with Gasteiger partial charge in [-0.3, -0.25) is 0 Å². The van der Waals surface area contributed by atoms with E-state index in [2.05, 4.69) is 41.7 Å². The minimum Gasteiger partial charge on any atom is -0.454 e. The molecule has 2 aromatic rings. The summed E-state index contributed by atoms with van der Waals surface area (Å²) in [5.41, 5.74) is 2.66. The molecule has 1 unspecified atom stereocenters. The highest BCUT2D eigenvalue weighted by Crippen LogP contribution is 2.36. The highest BCUT2D eigenvalue weighted by atomic mass is 32.2. The number of ether oxygens (including phenoxy) is 2. The highest BCUT2D eigenvalue weighted by Gasteiger charge is 2.20. The maximum atomic E-state index is 5.43. The van der Waals surface area contributed by atoms with Gasteiger partial charge >= 0.3 is 0 Å². The van der Waals surface area contributed by atoms with E-state index in [9.17, 15) is 0 Å². The van der Waals surface area contributed by atoms with E-state index in [0.717, 1.165) is 18.0 Å². The topological polar surface area (TPSA) is 30.5 Å². The van der Waals surface area contributed by atoms with Crippen LogP contribution in [0.3, 0.4) is 0 Å². The number of rotatable bonds is 3. The summed E-state index contributed by atoms with van der Waals surface area (Å²) >= 11 is 1.95. The van der Waals surface area contributed by atoms with Gasteiger partial charge in [0.2, 0.25) is 6.79 Å². The number of benzene rings is 2. The van der Waals surface area contributed by atoms with Crippen LogP contribution in [0.25, 0.3) is 0 Å². The fourth-order valence-electron chi connectivity index (χ4n) is 2.85. The Bertz CT molecular complexity index is 659. The van der Waals surface area contributed by atoms with E-state index in [-0.39, 0.29) is 0 Å². The molecule has 0 aliphatic carbocycles. The summed E-state index contributed by atoms with van der Waals surface area (Å²) in [7, 11) is 0. The van der Waals surface area contributed by atoms with Gasteiger partial charge in [0.25, 0.3) is 0 Å². The molecule has 1 N–H and O–H groups in total. The third-order valence-electron chi connectivity index (χ3n) is 3.95. The Kier molecular flexibility index (Phi) is 3.49. The first kappa shape index (κ1) is 13.0. The summed E-state index contributed by atoms with van der Waals surface area (Å²) in [4.78, 5) is 1.41. The van der Waals surface area contributed by atoms with Gasteiger partial charge in [0.05, 0.1) is 0 Å². The van der Waals surface area contributed by atoms with Crippen molar-refractivity contribution in [1.29, 1.82) is 0 Å². The van der Waals surface area contributed by atoms with Crippen molar-refractivity contribution in [3.63, 3.8) is 0 Å². The van der Waals surface area contributed by atoms with Gasteiger partial charge in [-0.15, -0.1) is 11.8 Å². The third-order valence-corrected chi connectivity index (χ3v) is 5.07. The summed E-state index contributed by atoms with van der Waals surface area (Å²) < 4.78 is 10.8. The second kappa shape index (κ2) is 5.62. The van der Waals surface area contributed by atoms with E-state index in [1.54, 1.807) is 0 Å². The molecule has 2 aliphatic heterocycles. The van der Waals surface area contributed by atoms with Crippen molar-refractivity contribution >= 4 is 11.8 Å². The van der Waals surface area contributed by atoms with Crippen molar-refractivity contribution in [2.75, 3.05) is 12.5 Å². The lowest BCUT2D eigenvalue weighted by Gasteiger charge is -2.26. The molecule has 2 aliphatic rings. The molecule has 0 aromatic heterocycles. The standard InChI is InChI=1S/C17H17NO2S/c1-2-4-17-13(3-1)14(7-8-21-17)18-10-12-5-6-15-16(9-12)20-11-19-15/h1-6,9,14,18H,7-8,10-11H2. The van der Waals surface area contributed by atoms with Crippen LogP contribution in [0.5, 0.6) is 11.5 Å². The van der Waals surface area contributed by atoms with E-state index in [4.69, 9.17) is 9.47 Å². The molecule has 0 amide bonds. The molecule has 21 heavy (non-hydrogen) atoms. The van der Waals surface area contributed by atoms with Crippen LogP contribution in [0.15, 0.2) is 47.4 Å². The van der Waals surface area contributed by atoms with Gasteiger partial charge in [-0.05, 0) is 41.5 Å². The molecule has 108 valence electrons. The lowest BCUT2D eigenvalue weighted by atomic mass is 10.0. The Balaban J connectivity index is 1.48. The van der Waals surface area contributed by atoms with Crippen molar-refractivity contribution < 1.29 is 9.47 Å². The molecule has 0 saturated carbocycles. The van der Waals surface area contributed by atoms with E-state index in [1.807, 2.05) is 17.8 Å². The predicted octanol–water partition coefficient (Wildman–Crippen LogP) is 3.74. The number of hydrogen-bond donors (Lipinski definition) is 1. The van der Waals surface area contributed by atoms with Gasteiger partial charge in [-0.25, -0.2) is 0 Å². The van der Waals surface area contributed by atoms with Crippen LogP contribution in [0, 0.1) is 0 Å². The molecule has 0 bridgehead atoms. The van der Waals surface area contributed by atoms with E-state index >= 15 is 0 Å². The molecule has 0 saturated heterocycles. The van der Waals surface area contributed by atoms with Crippen LogP contribution in [0.2, 0.25) is 0 Å². The van der Waals surface area contributed by atoms with Crippen molar-refractivity contribution in [2.24, 2.45) is 0 Å². The summed E-state index contributed by atoms with van der Waals surface area (Å²) in [5.74, 6) is 2.88. The van der Waals surface area contributed by atoms with Gasteiger partial charge in [0.15, 0.2) is 11.5 Å². The van der Waals surface area contributed by atoms with Crippen molar-refractivity contribution in [2.45, 2.75) is 23.9 Å². The second-order valence-electron chi connectivity index (χ2n) is 5.30. The zero-order valence-corrected chi connectivity index (χ0v) is 12.5. The van der Waals surface area contributed by atoms with Gasteiger partial charge in [0.1, 0.15) is 0 Å². The number of fused-ring (bicyclic) bond motifs is 2. The van der Waals surface area contributed by atoms with Crippen LogP contribution in [0.1, 0.15) is 23.6 Å². The largest absolute Gasteiger partial charge is 0.454 e. The van der Waals surface area contributed by atoms with Crippen molar-refractivity contribution in [1.82, 2.24) is 5.32 Å². The molecule has 1 atom stereocenters. The maximum Gasteiger partial charge on any atom is 0.231 e. The molecule has 0 radical (unpaired) electrons. The van der Waals surface area contributed by atoms with Crippen LogP contribution in [-0.2, 0) is 6.54 Å². The van der Waals surface area contributed by atoms with Crippen LogP contribution in [-0.4, -0.2) is 12.5 Å². The highest BCUT2D eigenvalue weighted by molar-refractivity contribution is 7.99. The van der Waals surface area contributed by atoms with Crippen LogP contribution in [0.4, 0.5) is 0 Å². The van der Waals surface area contributed by atoms with E-state index < -0.39 is 0 Å². The molecule has 0 spiro atoms. The average Bonchev–Trinajstić information content (AvgIpc) is 3.00. The summed E-state index contributed by atoms with van der Waals surface area (Å²) in [6.07, 6.45) is 1.17. The Hall–Kier alpha value is -1.65. The summed E-state index contributed by atoms with van der Waals surface area (Å²) in [5, 5.41) is 3.68. The Morgan fingerprint density at radius 1 is 1.10 bits per heavy atom. The third kappa shape index (κ3) is 2.61. The fraction of sp³-hybridized carbons (Fsp3) is 0.294. The van der Waals surface area contributed by atoms with E-state index in [0.29, 0.717) is 12.8 Å². The molecule has 4 heteroatoms. The average molecular weight is 299 g/mol. The van der Waals surface area contributed by atoms with Gasteiger partial charge in [0, 0.05) is 17.5 Å². The van der Waals surface area contributed by atoms with Crippen LogP contribution < -0.4 is 14.8 Å². The number of thioether (sulfide) groups is 1. The van der Waals surface area contributed by atoms with Crippen LogP contribution >= 0.6 is 11.8 Å². The lowest BCUT2D eigenvalue weighted by molar-refractivity contribution is 0.174. The molecule has 2 heterocycles. The minimum absolute atomic E-state index is 0.333. The Morgan fingerprint density at radius 3 is 3.00 bits per heavy atom. The smallest absolute Gasteiger partial charge is 0.231 e. The first-order valence-electron chi connectivity index (χ1n) is 7.24. The van der Waals surface area contributed by atoms with E-state index in [1.165, 1.54) is 28.2 Å². The lowest BCUT2D eigenvalue weighted by Crippen LogP contribution is -2.24. The SMILES string of the molecule is c1ccc2c(c1)SCCC2NCc1ccc2c(c1)OCO2. The Morgan fingerprint density at radius 2 is 2.00 bits per heavy atom. The first-order chi connectivity index (χ1) is 10.4. The minimum atomic E-state index is 0.333. The molecule has 4 rings (SSSR count). The normalized spacial score (nSPS) is 19.3. The quantitative estimate of drug-likeness (QED) is 0.935. The van der Waals surface area contributed by atoms with Gasteiger partial charge < -0.3 is 14.8 Å². The number of nitrogens with one attached hydrogen (secondary N) is 1. The molecule has 2 aromatic carbocycles. The molecule has 3 nitrogen and oxygen atoms in total. The van der Waals surface area contributed by atoms with Gasteiger partial charge in [-0.2, -0.15) is 0 Å². The molecular formula is C17H17NO2S. The van der Waals surface area contributed by atoms with Gasteiger partial charge in [-0.1, -0.05) is 24.3 Å². The molecular weight excluding hydrogens is 282 g/mol. The zero-order chi connectivity index (χ0) is 14.1. The molecule has 0 fully saturated rings. The maximum absolute atomic E-state index is 5.43. The monoisotopic (exact) mass is 299 g/mol. The first-order valence-corrected chi connectivity index (χ1v) is 8.22. The van der Waals surface area contributed by atoms with Crippen molar-refractivity contribution in [3.05, 3.63) is 53.6 Å². The summed E-state index contributed by atoms with van der Waals surface area (Å²) in [6, 6.07) is 15.3. The number of hydrogen-bond acceptors (Lipinski definition) is 4. The fourth-order valence-corrected chi connectivity index (χ4v) is 3.97. The zero-order valence-electron chi connectivity index (χ0n) is 11.7.